The van der Waals surface area contributed by atoms with Gasteiger partial charge in [0, 0.05) is 16.6 Å². The summed E-state index contributed by atoms with van der Waals surface area (Å²) >= 11 is 12.2. The number of hydrogen-bond donors (Lipinski definition) is 3. The minimum Gasteiger partial charge on any atom is -0.361 e. The second kappa shape index (κ2) is 7.13. The van der Waals surface area contributed by atoms with Crippen LogP contribution in [0.15, 0.2) is 42.6 Å². The van der Waals surface area contributed by atoms with Gasteiger partial charge in [-0.2, -0.15) is 0 Å². The fourth-order valence-corrected chi connectivity index (χ4v) is 3.83. The average molecular weight is 408 g/mol. The van der Waals surface area contributed by atoms with E-state index in [9.17, 15) is 14.3 Å². The molecule has 1 unspecified atom stereocenters. The summed E-state index contributed by atoms with van der Waals surface area (Å²) in [6, 6.07) is 8.95. The molecule has 8 heteroatoms. The molecule has 4 rings (SSSR count). The zero-order valence-corrected chi connectivity index (χ0v) is 15.6. The van der Waals surface area contributed by atoms with Crippen molar-refractivity contribution in [2.24, 2.45) is 0 Å². The number of aromatic amines is 1. The van der Waals surface area contributed by atoms with Crippen molar-refractivity contribution in [3.63, 3.8) is 0 Å². The standard InChI is InChI=1S/C19H16Cl2FN3O2/c20-14-3-1-2-13-11(8-23-17(13)14)6-16-18(26)25(19(27)24-16)9-10-4-5-12(22)7-15(10)21/h1-5,7-8,16,19,23-24,27H,6,9H2/t16-,19?/m1/s1. The van der Waals surface area contributed by atoms with E-state index in [4.69, 9.17) is 23.2 Å². The first-order valence-electron chi connectivity index (χ1n) is 8.37. The molecule has 2 aromatic carbocycles. The average Bonchev–Trinajstić information content (AvgIpc) is 3.15. The number of carbonyl (C=O) groups excluding carboxylic acids is 1. The molecule has 0 radical (unpaired) electrons. The summed E-state index contributed by atoms with van der Waals surface area (Å²) in [5.41, 5.74) is 2.30. The van der Waals surface area contributed by atoms with Gasteiger partial charge in [-0.1, -0.05) is 41.4 Å². The smallest absolute Gasteiger partial charge is 0.243 e. The Labute approximate surface area is 164 Å². The topological polar surface area (TPSA) is 68.4 Å². The molecule has 1 aliphatic heterocycles. The van der Waals surface area contributed by atoms with E-state index in [1.807, 2.05) is 18.3 Å². The van der Waals surface area contributed by atoms with Gasteiger partial charge in [0.15, 0.2) is 6.35 Å². The molecular weight excluding hydrogens is 392 g/mol. The molecule has 1 fully saturated rings. The molecule has 0 saturated carbocycles. The molecule has 2 atom stereocenters. The SMILES string of the molecule is O=C1[C@@H](Cc2c[nH]c3c(Cl)cccc23)NC(O)N1Cc1ccc(F)cc1Cl. The van der Waals surface area contributed by atoms with Gasteiger partial charge in [0.05, 0.1) is 23.1 Å². The Kier molecular flexibility index (Phi) is 4.82. The van der Waals surface area contributed by atoms with E-state index in [0.29, 0.717) is 17.0 Å². The normalized spacial score (nSPS) is 20.0. The maximum absolute atomic E-state index is 13.2. The Morgan fingerprint density at radius 3 is 2.74 bits per heavy atom. The largest absolute Gasteiger partial charge is 0.361 e. The van der Waals surface area contributed by atoms with Crippen LogP contribution in [0.2, 0.25) is 10.0 Å². The van der Waals surface area contributed by atoms with Crippen molar-refractivity contribution < 1.29 is 14.3 Å². The molecule has 1 amide bonds. The maximum atomic E-state index is 13.2. The number of aliphatic hydroxyl groups excluding tert-OH is 1. The van der Waals surface area contributed by atoms with Crippen LogP contribution in [0.25, 0.3) is 10.9 Å². The van der Waals surface area contributed by atoms with Gasteiger partial charge in [-0.25, -0.2) is 4.39 Å². The lowest BCUT2D eigenvalue weighted by Crippen LogP contribution is -2.36. The molecule has 27 heavy (non-hydrogen) atoms. The van der Waals surface area contributed by atoms with Crippen LogP contribution in [0, 0.1) is 5.82 Å². The van der Waals surface area contributed by atoms with E-state index in [0.717, 1.165) is 16.5 Å². The third kappa shape index (κ3) is 3.41. The summed E-state index contributed by atoms with van der Waals surface area (Å²) in [5, 5.41) is 14.9. The van der Waals surface area contributed by atoms with Crippen molar-refractivity contribution in [1.29, 1.82) is 0 Å². The summed E-state index contributed by atoms with van der Waals surface area (Å²) in [4.78, 5) is 17.2. The summed E-state index contributed by atoms with van der Waals surface area (Å²) in [7, 11) is 0. The number of nitrogens with zero attached hydrogens (tertiary/aromatic N) is 1. The summed E-state index contributed by atoms with van der Waals surface area (Å²) < 4.78 is 13.2. The lowest BCUT2D eigenvalue weighted by atomic mass is 10.0. The number of para-hydroxylation sites is 1. The molecule has 2 heterocycles. The first-order valence-corrected chi connectivity index (χ1v) is 9.12. The van der Waals surface area contributed by atoms with Crippen molar-refractivity contribution in [2.75, 3.05) is 0 Å². The minimum absolute atomic E-state index is 0.0856. The molecule has 5 nitrogen and oxygen atoms in total. The third-order valence-corrected chi connectivity index (χ3v) is 5.42. The molecule has 140 valence electrons. The number of amides is 1. The van der Waals surface area contributed by atoms with Crippen molar-refractivity contribution >= 4 is 40.0 Å². The number of benzene rings is 2. The fraction of sp³-hybridized carbons (Fsp3) is 0.211. The first kappa shape index (κ1) is 18.3. The lowest BCUT2D eigenvalue weighted by Gasteiger charge is -2.20. The van der Waals surface area contributed by atoms with Crippen molar-refractivity contribution in [1.82, 2.24) is 15.2 Å². The van der Waals surface area contributed by atoms with E-state index >= 15 is 0 Å². The molecule has 0 bridgehead atoms. The lowest BCUT2D eigenvalue weighted by molar-refractivity contribution is -0.134. The van der Waals surface area contributed by atoms with Crippen LogP contribution in [0.4, 0.5) is 4.39 Å². The molecule has 1 saturated heterocycles. The number of hydrogen-bond acceptors (Lipinski definition) is 3. The minimum atomic E-state index is -1.14. The van der Waals surface area contributed by atoms with Crippen molar-refractivity contribution in [3.05, 3.63) is 69.6 Å². The Morgan fingerprint density at radius 2 is 1.96 bits per heavy atom. The number of rotatable bonds is 4. The predicted octanol–water partition coefficient (Wildman–Crippen LogP) is 3.43. The highest BCUT2D eigenvalue weighted by Gasteiger charge is 2.38. The van der Waals surface area contributed by atoms with Crippen molar-refractivity contribution in [2.45, 2.75) is 25.4 Å². The number of carbonyl (C=O) groups is 1. The third-order valence-electron chi connectivity index (χ3n) is 4.76. The quantitative estimate of drug-likeness (QED) is 0.620. The van der Waals surface area contributed by atoms with Crippen molar-refractivity contribution in [3.8, 4) is 0 Å². The second-order valence-corrected chi connectivity index (χ2v) is 7.29. The van der Waals surface area contributed by atoms with Gasteiger partial charge in [0.2, 0.25) is 5.91 Å². The number of aliphatic hydroxyl groups is 1. The summed E-state index contributed by atoms with van der Waals surface area (Å²) in [6.07, 6.45) is 1.07. The fourth-order valence-electron chi connectivity index (χ4n) is 3.37. The van der Waals surface area contributed by atoms with E-state index in [2.05, 4.69) is 10.3 Å². The number of nitrogens with one attached hydrogen (secondary N) is 2. The van der Waals surface area contributed by atoms with Crippen LogP contribution < -0.4 is 5.32 Å². The van der Waals surface area contributed by atoms with Gasteiger partial charge >= 0.3 is 0 Å². The molecule has 1 aromatic heterocycles. The van der Waals surface area contributed by atoms with E-state index in [1.165, 1.54) is 23.1 Å². The molecule has 3 aromatic rings. The molecule has 3 N–H and O–H groups in total. The molecular formula is C19H16Cl2FN3O2. The molecule has 1 aliphatic rings. The van der Waals surface area contributed by atoms with Crippen LogP contribution in [-0.2, 0) is 17.8 Å². The highest BCUT2D eigenvalue weighted by molar-refractivity contribution is 6.35. The van der Waals surface area contributed by atoms with Gasteiger partial charge in [-0.15, -0.1) is 0 Å². The highest BCUT2D eigenvalue weighted by Crippen LogP contribution is 2.28. The highest BCUT2D eigenvalue weighted by atomic mass is 35.5. The van der Waals surface area contributed by atoms with Crippen LogP contribution >= 0.6 is 23.2 Å². The van der Waals surface area contributed by atoms with Crippen LogP contribution in [0.5, 0.6) is 0 Å². The Hall–Kier alpha value is -2.12. The number of halogens is 3. The Morgan fingerprint density at radius 1 is 1.15 bits per heavy atom. The number of aromatic nitrogens is 1. The van der Waals surface area contributed by atoms with E-state index in [-0.39, 0.29) is 17.5 Å². The van der Waals surface area contributed by atoms with Crippen LogP contribution in [0.3, 0.4) is 0 Å². The van der Waals surface area contributed by atoms with Gasteiger partial charge in [0.25, 0.3) is 0 Å². The monoisotopic (exact) mass is 407 g/mol. The maximum Gasteiger partial charge on any atom is 0.243 e. The van der Waals surface area contributed by atoms with Gasteiger partial charge in [-0.05, 0) is 35.7 Å². The molecule has 0 spiro atoms. The zero-order chi connectivity index (χ0) is 19.1. The van der Waals surface area contributed by atoms with Gasteiger partial charge in [-0.3, -0.25) is 15.0 Å². The number of H-pyrrole nitrogens is 1. The van der Waals surface area contributed by atoms with E-state index in [1.54, 1.807) is 6.07 Å². The Balaban J connectivity index is 1.54. The summed E-state index contributed by atoms with van der Waals surface area (Å²) in [6.45, 7) is 0.0856. The predicted molar refractivity (Wildman–Crippen MR) is 102 cm³/mol. The first-order chi connectivity index (χ1) is 12.9. The van der Waals surface area contributed by atoms with Crippen LogP contribution in [0.1, 0.15) is 11.1 Å². The van der Waals surface area contributed by atoms with E-state index < -0.39 is 18.2 Å². The molecule has 0 aliphatic carbocycles. The Bertz CT molecular complexity index is 1020. The van der Waals surface area contributed by atoms with Gasteiger partial charge in [0.1, 0.15) is 5.82 Å². The van der Waals surface area contributed by atoms with Gasteiger partial charge < -0.3 is 10.1 Å². The summed E-state index contributed by atoms with van der Waals surface area (Å²) in [5.74, 6) is -0.703. The number of fused-ring (bicyclic) bond motifs is 1. The second-order valence-electron chi connectivity index (χ2n) is 6.48. The van der Waals surface area contributed by atoms with Crippen LogP contribution in [-0.4, -0.2) is 33.3 Å². The zero-order valence-electron chi connectivity index (χ0n) is 14.0.